The van der Waals surface area contributed by atoms with Crippen molar-refractivity contribution in [2.24, 2.45) is 4.99 Å². The van der Waals surface area contributed by atoms with E-state index in [2.05, 4.69) is 20.9 Å². The summed E-state index contributed by atoms with van der Waals surface area (Å²) in [5, 5.41) is 1.13. The van der Waals surface area contributed by atoms with Crippen LogP contribution in [-0.4, -0.2) is 35.6 Å². The predicted octanol–water partition coefficient (Wildman–Crippen LogP) is 7.09. The zero-order valence-corrected chi connectivity index (χ0v) is 22.7. The van der Waals surface area contributed by atoms with Gasteiger partial charge in [0.15, 0.2) is 5.17 Å². The fourth-order valence-electron chi connectivity index (χ4n) is 3.35. The molecule has 3 aromatic carbocycles. The molecule has 1 amide bonds. The topological polar surface area (TPSA) is 68.2 Å². The first-order valence-electron chi connectivity index (χ1n) is 11.0. The Labute approximate surface area is 227 Å². The zero-order chi connectivity index (χ0) is 25.7. The molecule has 184 valence electrons. The standard InChI is InChI=1S/C27H22BrClN2O4S/c1-3-34-26(33)17-8-6-9-21(14-17)30-27-31(2)25(32)24(36-27)15-19-13-20(28)11-12-23(19)35-16-18-7-4-5-10-22(18)29/h4-15H,3,16H2,1-2H3. The second-order valence-corrected chi connectivity index (χ2v) is 10.0. The van der Waals surface area contributed by atoms with Crippen LogP contribution in [0.2, 0.25) is 5.02 Å². The number of aliphatic imine (C=N–C) groups is 1. The van der Waals surface area contributed by atoms with Crippen LogP contribution in [0.4, 0.5) is 5.69 Å². The molecular weight excluding hydrogens is 564 g/mol. The van der Waals surface area contributed by atoms with Crippen LogP contribution in [0.15, 0.2) is 81.1 Å². The van der Waals surface area contributed by atoms with E-state index in [1.165, 1.54) is 16.7 Å². The number of halogens is 2. The van der Waals surface area contributed by atoms with Crippen LogP contribution in [0.3, 0.4) is 0 Å². The number of rotatable bonds is 7. The highest BCUT2D eigenvalue weighted by Gasteiger charge is 2.30. The summed E-state index contributed by atoms with van der Waals surface area (Å²) in [5.74, 6) is 0.0224. The Bertz CT molecular complexity index is 1380. The largest absolute Gasteiger partial charge is 0.488 e. The quantitative estimate of drug-likeness (QED) is 0.219. The molecule has 0 aromatic heterocycles. The van der Waals surface area contributed by atoms with Gasteiger partial charge >= 0.3 is 5.97 Å². The first-order chi connectivity index (χ1) is 17.4. The van der Waals surface area contributed by atoms with Crippen molar-refractivity contribution >= 4 is 68.1 Å². The lowest BCUT2D eigenvalue weighted by molar-refractivity contribution is -0.121. The minimum Gasteiger partial charge on any atom is -0.488 e. The summed E-state index contributed by atoms with van der Waals surface area (Å²) < 4.78 is 12.0. The molecule has 0 unspecified atom stereocenters. The second kappa shape index (κ2) is 11.8. The number of carbonyl (C=O) groups is 2. The number of thioether (sulfide) groups is 1. The Morgan fingerprint density at radius 3 is 2.72 bits per heavy atom. The number of nitrogens with zero attached hydrogens (tertiary/aromatic N) is 2. The second-order valence-electron chi connectivity index (χ2n) is 7.70. The Balaban J connectivity index is 1.58. The summed E-state index contributed by atoms with van der Waals surface area (Å²) in [6.07, 6.45) is 1.79. The summed E-state index contributed by atoms with van der Waals surface area (Å²) in [7, 11) is 1.67. The molecule has 9 heteroatoms. The van der Waals surface area contributed by atoms with Crippen LogP contribution >= 0.6 is 39.3 Å². The van der Waals surface area contributed by atoms with Gasteiger partial charge in [-0.15, -0.1) is 0 Å². The van der Waals surface area contributed by atoms with Gasteiger partial charge < -0.3 is 9.47 Å². The Morgan fingerprint density at radius 1 is 1.14 bits per heavy atom. The first-order valence-corrected chi connectivity index (χ1v) is 13.0. The van der Waals surface area contributed by atoms with Gasteiger partial charge in [-0.2, -0.15) is 0 Å². The van der Waals surface area contributed by atoms with Crippen molar-refractivity contribution in [3.8, 4) is 5.75 Å². The molecule has 0 N–H and O–H groups in total. The van der Waals surface area contributed by atoms with Gasteiger partial charge in [-0.3, -0.25) is 9.69 Å². The van der Waals surface area contributed by atoms with Crippen molar-refractivity contribution in [1.29, 1.82) is 0 Å². The molecule has 0 atom stereocenters. The molecule has 0 aliphatic carbocycles. The third-order valence-corrected chi connectivity index (χ3v) is 7.11. The number of amidine groups is 1. The van der Waals surface area contributed by atoms with Crippen molar-refractivity contribution in [1.82, 2.24) is 4.90 Å². The molecule has 1 heterocycles. The van der Waals surface area contributed by atoms with Crippen molar-refractivity contribution in [3.63, 3.8) is 0 Å². The average molecular weight is 586 g/mol. The molecule has 3 aromatic rings. The van der Waals surface area contributed by atoms with E-state index in [0.717, 1.165) is 15.6 Å². The Hall–Kier alpha value is -3.07. The molecule has 0 radical (unpaired) electrons. The fourth-order valence-corrected chi connectivity index (χ4v) is 4.90. The van der Waals surface area contributed by atoms with Crippen LogP contribution in [-0.2, 0) is 16.1 Å². The van der Waals surface area contributed by atoms with Crippen molar-refractivity contribution in [2.75, 3.05) is 13.7 Å². The number of hydrogen-bond acceptors (Lipinski definition) is 6. The number of esters is 1. The highest BCUT2D eigenvalue weighted by molar-refractivity contribution is 9.10. The molecule has 1 aliphatic rings. The van der Waals surface area contributed by atoms with E-state index in [-0.39, 0.29) is 5.91 Å². The lowest BCUT2D eigenvalue weighted by atomic mass is 10.1. The smallest absolute Gasteiger partial charge is 0.338 e. The zero-order valence-electron chi connectivity index (χ0n) is 19.5. The molecule has 0 spiro atoms. The van der Waals surface area contributed by atoms with Crippen molar-refractivity contribution < 1.29 is 19.1 Å². The fraction of sp³-hybridized carbons (Fsp3) is 0.148. The molecule has 0 saturated carbocycles. The summed E-state index contributed by atoms with van der Waals surface area (Å²) >= 11 is 11.0. The highest BCUT2D eigenvalue weighted by atomic mass is 79.9. The molecule has 1 fully saturated rings. The maximum absolute atomic E-state index is 13.0. The van der Waals surface area contributed by atoms with Crippen molar-refractivity contribution in [3.05, 3.63) is 97.8 Å². The first kappa shape index (κ1) is 26.0. The van der Waals surface area contributed by atoms with Crippen LogP contribution < -0.4 is 4.74 Å². The van der Waals surface area contributed by atoms with Gasteiger partial charge in [0.05, 0.1) is 22.8 Å². The number of amides is 1. The number of benzene rings is 3. The van der Waals surface area contributed by atoms with E-state index in [1.807, 2.05) is 42.5 Å². The lowest BCUT2D eigenvalue weighted by Gasteiger charge is -2.11. The molecule has 4 rings (SSSR count). The van der Waals surface area contributed by atoms with Crippen LogP contribution in [0, 0.1) is 0 Å². The number of hydrogen-bond donors (Lipinski definition) is 0. The Morgan fingerprint density at radius 2 is 1.94 bits per heavy atom. The minimum absolute atomic E-state index is 0.183. The van der Waals surface area contributed by atoms with E-state index in [1.54, 1.807) is 44.3 Å². The molecule has 36 heavy (non-hydrogen) atoms. The van der Waals surface area contributed by atoms with Crippen LogP contribution in [0.5, 0.6) is 5.75 Å². The summed E-state index contributed by atoms with van der Waals surface area (Å²) in [6, 6.07) is 19.9. The summed E-state index contributed by atoms with van der Waals surface area (Å²) in [6.45, 7) is 2.34. The minimum atomic E-state index is -0.414. The van der Waals surface area contributed by atoms with E-state index < -0.39 is 5.97 Å². The van der Waals surface area contributed by atoms with Gasteiger partial charge in [0.2, 0.25) is 0 Å². The van der Waals surface area contributed by atoms with Crippen molar-refractivity contribution in [2.45, 2.75) is 13.5 Å². The number of carbonyl (C=O) groups excluding carboxylic acids is 2. The average Bonchev–Trinajstić information content (AvgIpc) is 3.12. The van der Waals surface area contributed by atoms with E-state index in [4.69, 9.17) is 21.1 Å². The van der Waals surface area contributed by atoms with Gasteiger partial charge in [0, 0.05) is 27.7 Å². The maximum Gasteiger partial charge on any atom is 0.338 e. The predicted molar refractivity (Wildman–Crippen MR) is 148 cm³/mol. The SMILES string of the molecule is CCOC(=O)c1cccc(N=C2SC(=Cc3cc(Br)ccc3OCc3ccccc3Cl)C(=O)N2C)c1. The molecule has 6 nitrogen and oxygen atoms in total. The summed E-state index contributed by atoms with van der Waals surface area (Å²) in [5.41, 5.74) is 2.56. The lowest BCUT2D eigenvalue weighted by Crippen LogP contribution is -2.23. The normalized spacial score (nSPS) is 15.6. The van der Waals surface area contributed by atoms with Gasteiger partial charge in [-0.25, -0.2) is 9.79 Å². The van der Waals surface area contributed by atoms with Gasteiger partial charge in [-0.05, 0) is 67.2 Å². The van der Waals surface area contributed by atoms with Gasteiger partial charge in [0.25, 0.3) is 5.91 Å². The molecular formula is C27H22BrClN2O4S. The highest BCUT2D eigenvalue weighted by Crippen LogP contribution is 2.36. The molecule has 1 saturated heterocycles. The Kier molecular flexibility index (Phi) is 8.51. The third kappa shape index (κ3) is 6.19. The third-order valence-electron chi connectivity index (χ3n) is 5.19. The molecule has 1 aliphatic heterocycles. The van der Waals surface area contributed by atoms with E-state index in [0.29, 0.717) is 45.3 Å². The maximum atomic E-state index is 13.0. The van der Waals surface area contributed by atoms with E-state index in [9.17, 15) is 9.59 Å². The van der Waals surface area contributed by atoms with Gasteiger partial charge in [-0.1, -0.05) is 51.8 Å². The summed E-state index contributed by atoms with van der Waals surface area (Å²) in [4.78, 5) is 31.6. The number of likely N-dealkylation sites (N-methyl/N-ethyl adjacent to an activating group) is 1. The van der Waals surface area contributed by atoms with Gasteiger partial charge in [0.1, 0.15) is 12.4 Å². The molecule has 0 bridgehead atoms. The van der Waals surface area contributed by atoms with E-state index >= 15 is 0 Å². The van der Waals surface area contributed by atoms with Crippen LogP contribution in [0.25, 0.3) is 6.08 Å². The van der Waals surface area contributed by atoms with Crippen LogP contribution in [0.1, 0.15) is 28.4 Å². The monoisotopic (exact) mass is 584 g/mol. The number of ether oxygens (including phenoxy) is 2.